The molecule has 5 aliphatic rings. The van der Waals surface area contributed by atoms with Crippen molar-refractivity contribution in [2.45, 2.75) is 57.0 Å². The number of pyridine rings is 1. The second-order valence-electron chi connectivity index (χ2n) is 10.1. The molecule has 1 aliphatic heterocycles. The van der Waals surface area contributed by atoms with E-state index < -0.39 is 5.91 Å². The number of anilines is 1. The average molecular weight is 412 g/mol. The lowest BCUT2D eigenvalue weighted by atomic mass is 9.53. The Morgan fingerprint density at radius 2 is 1.70 bits per heavy atom. The smallest absolute Gasteiger partial charge is 0.252 e. The van der Waals surface area contributed by atoms with E-state index in [9.17, 15) is 9.59 Å². The molecule has 0 radical (unpaired) electrons. The van der Waals surface area contributed by atoms with E-state index in [0.29, 0.717) is 11.4 Å². The van der Waals surface area contributed by atoms with Crippen LogP contribution in [-0.4, -0.2) is 59.5 Å². The quantitative estimate of drug-likeness (QED) is 0.771. The predicted octanol–water partition coefficient (Wildman–Crippen LogP) is 1.78. The van der Waals surface area contributed by atoms with Crippen LogP contribution in [0.5, 0.6) is 0 Å². The second kappa shape index (κ2) is 7.52. The first kappa shape index (κ1) is 19.8. The van der Waals surface area contributed by atoms with E-state index in [0.717, 1.165) is 43.9 Å². The Morgan fingerprint density at radius 3 is 2.27 bits per heavy atom. The predicted molar refractivity (Wildman–Crippen MR) is 115 cm³/mol. The summed E-state index contributed by atoms with van der Waals surface area (Å²) in [6.07, 6.45) is 9.38. The molecule has 1 aromatic heterocycles. The van der Waals surface area contributed by atoms with Crippen LogP contribution in [0, 0.1) is 17.8 Å². The zero-order valence-corrected chi connectivity index (χ0v) is 17.8. The molecule has 2 amide bonds. The van der Waals surface area contributed by atoms with Gasteiger partial charge in [0.05, 0.1) is 11.6 Å². The molecule has 5 fully saturated rings. The number of piperazine rings is 1. The monoisotopic (exact) mass is 411 g/mol. The molecule has 0 aromatic carbocycles. The summed E-state index contributed by atoms with van der Waals surface area (Å²) in [5.41, 5.74) is 6.03. The fourth-order valence-electron chi connectivity index (χ4n) is 6.96. The standard InChI is InChI=1S/C23H33N5O2/c1-15(22(30)26-23-12-16-9-17(13-23)11-18(10-16)14-23)27-5-7-28(8-6-27)21-19(20(24)29)3-2-4-25-21/h2-4,15-18H,5-14H2,1H3,(H2,24,29)(H,26,30)/t15-,16?,17?,18?,23?/m0/s1. The van der Waals surface area contributed by atoms with Crippen LogP contribution >= 0.6 is 0 Å². The summed E-state index contributed by atoms with van der Waals surface area (Å²) in [7, 11) is 0. The molecular weight excluding hydrogens is 378 g/mol. The van der Waals surface area contributed by atoms with Crippen molar-refractivity contribution < 1.29 is 9.59 Å². The number of nitrogens with two attached hydrogens (primary N) is 1. The van der Waals surface area contributed by atoms with Crippen LogP contribution in [0.3, 0.4) is 0 Å². The highest BCUT2D eigenvalue weighted by molar-refractivity contribution is 5.97. The van der Waals surface area contributed by atoms with Gasteiger partial charge in [0.2, 0.25) is 5.91 Å². The number of nitrogens with zero attached hydrogens (tertiary/aromatic N) is 3. The fraction of sp³-hybridized carbons (Fsp3) is 0.696. The Kier molecular flexibility index (Phi) is 4.96. The average Bonchev–Trinajstić information content (AvgIpc) is 2.72. The van der Waals surface area contributed by atoms with Gasteiger partial charge in [0.25, 0.3) is 5.91 Å². The summed E-state index contributed by atoms with van der Waals surface area (Å²) >= 11 is 0. The molecule has 0 spiro atoms. The largest absolute Gasteiger partial charge is 0.365 e. The summed E-state index contributed by atoms with van der Waals surface area (Å²) in [5, 5.41) is 3.52. The molecule has 7 nitrogen and oxygen atoms in total. The van der Waals surface area contributed by atoms with Crippen molar-refractivity contribution in [1.29, 1.82) is 0 Å². The van der Waals surface area contributed by atoms with Crippen LogP contribution in [0.4, 0.5) is 5.82 Å². The lowest BCUT2D eigenvalue weighted by molar-refractivity contribution is -0.131. The first-order valence-electron chi connectivity index (χ1n) is 11.5. The Morgan fingerprint density at radius 1 is 1.10 bits per heavy atom. The van der Waals surface area contributed by atoms with Crippen molar-refractivity contribution in [3.05, 3.63) is 23.9 Å². The summed E-state index contributed by atoms with van der Waals surface area (Å²) in [5.74, 6) is 2.86. The first-order chi connectivity index (χ1) is 14.4. The van der Waals surface area contributed by atoms with Crippen LogP contribution in [0.2, 0.25) is 0 Å². The highest BCUT2D eigenvalue weighted by atomic mass is 16.2. The van der Waals surface area contributed by atoms with E-state index in [-0.39, 0.29) is 17.5 Å². The van der Waals surface area contributed by atoms with E-state index in [1.54, 1.807) is 18.3 Å². The normalized spacial score (nSPS) is 34.0. The van der Waals surface area contributed by atoms with Crippen molar-refractivity contribution in [2.24, 2.45) is 23.5 Å². The molecule has 6 rings (SSSR count). The molecule has 2 heterocycles. The van der Waals surface area contributed by atoms with Gasteiger partial charge in [-0.2, -0.15) is 0 Å². The number of amides is 2. The van der Waals surface area contributed by atoms with E-state index in [1.807, 2.05) is 6.92 Å². The second-order valence-corrected chi connectivity index (χ2v) is 10.1. The minimum absolute atomic E-state index is 0.0618. The number of nitrogens with one attached hydrogen (secondary N) is 1. The van der Waals surface area contributed by atoms with Crippen molar-refractivity contribution in [2.75, 3.05) is 31.1 Å². The molecular formula is C23H33N5O2. The molecule has 4 saturated carbocycles. The van der Waals surface area contributed by atoms with Crippen molar-refractivity contribution in [3.63, 3.8) is 0 Å². The SMILES string of the molecule is C[C@@H](C(=O)NC12CC3CC(CC(C3)C1)C2)N1CCN(c2ncccc2C(N)=O)CC1. The fourth-order valence-corrected chi connectivity index (χ4v) is 6.96. The molecule has 4 bridgehead atoms. The third-order valence-electron chi connectivity index (χ3n) is 8.02. The lowest BCUT2D eigenvalue weighted by Gasteiger charge is -2.57. The Bertz CT molecular complexity index is 797. The number of hydrogen-bond donors (Lipinski definition) is 2. The Balaban J connectivity index is 1.20. The number of carbonyl (C=O) groups is 2. The Labute approximate surface area is 178 Å². The van der Waals surface area contributed by atoms with Crippen LogP contribution in [0.25, 0.3) is 0 Å². The van der Waals surface area contributed by atoms with Crippen LogP contribution in [0.1, 0.15) is 55.8 Å². The molecule has 162 valence electrons. The van der Waals surface area contributed by atoms with E-state index >= 15 is 0 Å². The lowest BCUT2D eigenvalue weighted by Crippen LogP contribution is -2.63. The minimum atomic E-state index is -0.455. The van der Waals surface area contributed by atoms with Crippen molar-refractivity contribution in [1.82, 2.24) is 15.2 Å². The molecule has 3 N–H and O–H groups in total. The zero-order valence-electron chi connectivity index (χ0n) is 17.8. The van der Waals surface area contributed by atoms with E-state index in [2.05, 4.69) is 20.1 Å². The van der Waals surface area contributed by atoms with Gasteiger partial charge in [0.15, 0.2) is 0 Å². The first-order valence-corrected chi connectivity index (χ1v) is 11.5. The van der Waals surface area contributed by atoms with Gasteiger partial charge in [-0.1, -0.05) is 0 Å². The summed E-state index contributed by atoms with van der Waals surface area (Å²) in [6.45, 7) is 5.02. The number of rotatable bonds is 5. The van der Waals surface area contributed by atoms with Crippen LogP contribution < -0.4 is 16.0 Å². The molecule has 1 atom stereocenters. The number of aromatic nitrogens is 1. The molecule has 0 unspecified atom stereocenters. The van der Waals surface area contributed by atoms with Crippen molar-refractivity contribution >= 4 is 17.6 Å². The molecule has 4 aliphatic carbocycles. The summed E-state index contributed by atoms with van der Waals surface area (Å²) in [4.78, 5) is 33.6. The highest BCUT2D eigenvalue weighted by Crippen LogP contribution is 2.55. The van der Waals surface area contributed by atoms with Gasteiger partial charge in [-0.25, -0.2) is 4.98 Å². The van der Waals surface area contributed by atoms with E-state index in [4.69, 9.17) is 5.73 Å². The maximum Gasteiger partial charge on any atom is 0.252 e. The molecule has 7 heteroatoms. The topological polar surface area (TPSA) is 91.6 Å². The maximum absolute atomic E-state index is 13.2. The highest BCUT2D eigenvalue weighted by Gasteiger charge is 2.51. The minimum Gasteiger partial charge on any atom is -0.365 e. The molecule has 1 saturated heterocycles. The number of carbonyl (C=O) groups excluding carboxylic acids is 2. The number of hydrogen-bond acceptors (Lipinski definition) is 5. The van der Waals surface area contributed by atoms with Crippen LogP contribution in [0.15, 0.2) is 18.3 Å². The van der Waals surface area contributed by atoms with E-state index in [1.165, 1.54) is 38.5 Å². The maximum atomic E-state index is 13.2. The van der Waals surface area contributed by atoms with Crippen molar-refractivity contribution in [3.8, 4) is 0 Å². The summed E-state index contributed by atoms with van der Waals surface area (Å²) < 4.78 is 0. The third kappa shape index (κ3) is 3.57. The van der Waals surface area contributed by atoms with Gasteiger partial charge >= 0.3 is 0 Å². The van der Waals surface area contributed by atoms with Gasteiger partial charge in [-0.3, -0.25) is 14.5 Å². The van der Waals surface area contributed by atoms with Gasteiger partial charge in [-0.15, -0.1) is 0 Å². The third-order valence-corrected chi connectivity index (χ3v) is 8.02. The van der Waals surface area contributed by atoms with Crippen LogP contribution in [-0.2, 0) is 4.79 Å². The van der Waals surface area contributed by atoms with Gasteiger partial charge in [0.1, 0.15) is 5.82 Å². The van der Waals surface area contributed by atoms with Gasteiger partial charge in [-0.05, 0) is 75.3 Å². The zero-order chi connectivity index (χ0) is 20.9. The number of primary amides is 1. The van der Waals surface area contributed by atoms with Gasteiger partial charge < -0.3 is 16.0 Å². The summed E-state index contributed by atoms with van der Waals surface area (Å²) in [6, 6.07) is 3.31. The Hall–Kier alpha value is -2.15. The molecule has 1 aromatic rings. The van der Waals surface area contributed by atoms with Gasteiger partial charge in [0, 0.05) is 37.9 Å². The molecule has 30 heavy (non-hydrogen) atoms.